The zero-order valence-electron chi connectivity index (χ0n) is 6.45. The molecule has 8 heteroatoms. The first-order valence-electron chi connectivity index (χ1n) is 3.03. The van der Waals surface area contributed by atoms with E-state index in [9.17, 15) is 8.42 Å². The number of rotatable bonds is 1. The Kier molecular flexibility index (Phi) is 7.62. The van der Waals surface area contributed by atoms with Crippen molar-refractivity contribution in [1.29, 1.82) is 10.8 Å². The van der Waals surface area contributed by atoms with Crippen molar-refractivity contribution in [3.63, 3.8) is 0 Å². The van der Waals surface area contributed by atoms with Crippen LogP contribution in [-0.4, -0.2) is 42.5 Å². The molecule has 6 nitrogen and oxygen atoms in total. The van der Waals surface area contributed by atoms with Crippen LogP contribution in [0.15, 0.2) is 29.2 Å². The van der Waals surface area contributed by atoms with Gasteiger partial charge >= 0.3 is 29.6 Å². The Labute approximate surface area is 104 Å². The predicted molar refractivity (Wildman–Crippen MR) is 51.3 cm³/mol. The second kappa shape index (κ2) is 6.75. The van der Waals surface area contributed by atoms with E-state index in [1.807, 2.05) is 0 Å². The quantitative estimate of drug-likeness (QED) is 0.297. The second-order valence-electron chi connectivity index (χ2n) is 2.04. The van der Waals surface area contributed by atoms with Gasteiger partial charge in [0.15, 0.2) is 0 Å². The van der Waals surface area contributed by atoms with Crippen LogP contribution >= 0.6 is 0 Å². The molecule has 0 bridgehead atoms. The molecule has 0 saturated heterocycles. The van der Waals surface area contributed by atoms with Crippen molar-refractivity contribution in [3.8, 4) is 0 Å². The summed E-state index contributed by atoms with van der Waals surface area (Å²) in [7, 11) is -4.08. The third kappa shape index (κ3) is 5.16. The van der Waals surface area contributed by atoms with Gasteiger partial charge < -0.3 is 5.73 Å². The second-order valence-corrected chi connectivity index (χ2v) is 3.47. The third-order valence-electron chi connectivity index (χ3n) is 1.18. The number of hydrogen-bond acceptors (Lipinski definition) is 5. The van der Waals surface area contributed by atoms with Gasteiger partial charge in [-0.1, -0.05) is 0 Å². The number of benzene rings is 1. The molecular formula is C6H8N3NaO3S. The summed E-state index contributed by atoms with van der Waals surface area (Å²) in [6, 6.07) is 5.29. The molecule has 3 N–H and O–H groups in total. The van der Waals surface area contributed by atoms with E-state index in [0.717, 1.165) is 0 Å². The van der Waals surface area contributed by atoms with Gasteiger partial charge in [0, 0.05) is 16.5 Å². The number of nitrogen functional groups attached to an aromatic ring is 1. The van der Waals surface area contributed by atoms with E-state index in [1.165, 1.54) is 24.3 Å². The van der Waals surface area contributed by atoms with E-state index >= 15 is 0 Å². The monoisotopic (exact) mass is 225 g/mol. The van der Waals surface area contributed by atoms with Crippen LogP contribution in [0, 0.1) is 10.8 Å². The Morgan fingerprint density at radius 1 is 1.14 bits per heavy atom. The van der Waals surface area contributed by atoms with Crippen LogP contribution in [0.3, 0.4) is 0 Å². The Morgan fingerprint density at radius 3 is 1.79 bits per heavy atom. The zero-order valence-corrected chi connectivity index (χ0v) is 7.27. The Balaban J connectivity index is 0. The van der Waals surface area contributed by atoms with Crippen LogP contribution in [0.2, 0.25) is 0 Å². The topological polar surface area (TPSA) is 128 Å². The number of anilines is 1. The van der Waals surface area contributed by atoms with Crippen LogP contribution < -0.4 is 5.73 Å². The van der Waals surface area contributed by atoms with Crippen LogP contribution in [0.4, 0.5) is 5.69 Å². The Hall–Kier alpha value is -0.650. The minimum absolute atomic E-state index is 0. The molecule has 1 rings (SSSR count). The molecule has 0 saturated carbocycles. The fourth-order valence-corrected chi connectivity index (χ4v) is 1.12. The molecule has 0 amide bonds. The molecule has 72 valence electrons. The molecular weight excluding hydrogens is 217 g/mol. The van der Waals surface area contributed by atoms with Crippen molar-refractivity contribution in [1.82, 2.24) is 0 Å². The van der Waals surface area contributed by atoms with Crippen molar-refractivity contribution >= 4 is 45.4 Å². The van der Waals surface area contributed by atoms with Crippen molar-refractivity contribution in [2.45, 2.75) is 4.90 Å². The SMILES string of the molecule is N#N.Nc1ccc(S(=O)(=O)O)cc1.[NaH]. The summed E-state index contributed by atoms with van der Waals surface area (Å²) in [5, 5.41) is 12.0. The van der Waals surface area contributed by atoms with Crippen LogP contribution in [0.25, 0.3) is 0 Å². The fraction of sp³-hybridized carbons (Fsp3) is 0. The van der Waals surface area contributed by atoms with Gasteiger partial charge in [-0.3, -0.25) is 4.55 Å². The average Bonchev–Trinajstić information content (AvgIpc) is 2.07. The summed E-state index contributed by atoms with van der Waals surface area (Å²) < 4.78 is 29.4. The Bertz CT molecular complexity index is 387. The van der Waals surface area contributed by atoms with Crippen LogP contribution in [0.1, 0.15) is 0 Å². The van der Waals surface area contributed by atoms with Gasteiger partial charge in [0.2, 0.25) is 0 Å². The van der Waals surface area contributed by atoms with E-state index in [-0.39, 0.29) is 34.5 Å². The molecule has 0 aliphatic heterocycles. The van der Waals surface area contributed by atoms with E-state index in [4.69, 9.17) is 21.1 Å². The minimum atomic E-state index is -4.08. The van der Waals surface area contributed by atoms with Gasteiger partial charge in [0.25, 0.3) is 10.1 Å². The molecule has 1 aromatic carbocycles. The summed E-state index contributed by atoms with van der Waals surface area (Å²) in [6.07, 6.45) is 0. The molecule has 0 spiro atoms. The molecule has 0 aromatic heterocycles. The zero-order chi connectivity index (χ0) is 10.5. The molecule has 1 aromatic rings. The molecule has 0 atom stereocenters. The van der Waals surface area contributed by atoms with Crippen molar-refractivity contribution in [2.75, 3.05) is 5.73 Å². The molecule has 0 aliphatic carbocycles. The Morgan fingerprint density at radius 2 is 1.50 bits per heavy atom. The van der Waals surface area contributed by atoms with Gasteiger partial charge in [-0.25, -0.2) is 0 Å². The third-order valence-corrected chi connectivity index (χ3v) is 2.05. The van der Waals surface area contributed by atoms with Crippen LogP contribution in [0.5, 0.6) is 0 Å². The maximum atomic E-state index is 10.5. The van der Waals surface area contributed by atoms with E-state index < -0.39 is 10.1 Å². The summed E-state index contributed by atoms with van der Waals surface area (Å²) >= 11 is 0. The van der Waals surface area contributed by atoms with Gasteiger partial charge in [-0.15, -0.1) is 0 Å². The summed E-state index contributed by atoms with van der Waals surface area (Å²) in [4.78, 5) is -0.147. The van der Waals surface area contributed by atoms with Crippen molar-refractivity contribution < 1.29 is 13.0 Å². The maximum absolute atomic E-state index is 10.5. The van der Waals surface area contributed by atoms with Gasteiger partial charge in [0.1, 0.15) is 0 Å². The van der Waals surface area contributed by atoms with Crippen molar-refractivity contribution in [3.05, 3.63) is 24.3 Å². The first-order chi connectivity index (χ1) is 6.00. The first-order valence-corrected chi connectivity index (χ1v) is 4.47. The molecule has 0 heterocycles. The summed E-state index contributed by atoms with van der Waals surface area (Å²) in [5.74, 6) is 0. The molecule has 14 heavy (non-hydrogen) atoms. The van der Waals surface area contributed by atoms with E-state index in [0.29, 0.717) is 5.69 Å². The average molecular weight is 225 g/mol. The van der Waals surface area contributed by atoms with Gasteiger partial charge in [-0.05, 0) is 24.3 Å². The van der Waals surface area contributed by atoms with Crippen LogP contribution in [-0.2, 0) is 10.1 Å². The molecule has 0 aliphatic rings. The molecule has 0 radical (unpaired) electrons. The molecule has 0 unspecified atom stereocenters. The number of nitrogens with zero attached hydrogens (tertiary/aromatic N) is 2. The number of hydrogen-bond donors (Lipinski definition) is 2. The summed E-state index contributed by atoms with van der Waals surface area (Å²) in [5.41, 5.74) is 5.75. The normalized spacial score (nSPS) is 9.07. The van der Waals surface area contributed by atoms with Gasteiger partial charge in [-0.2, -0.15) is 8.42 Å². The van der Waals surface area contributed by atoms with Crippen molar-refractivity contribution in [2.24, 2.45) is 0 Å². The predicted octanol–water partition coefficient (Wildman–Crippen LogP) is -0.103. The van der Waals surface area contributed by atoms with E-state index in [1.54, 1.807) is 0 Å². The van der Waals surface area contributed by atoms with Gasteiger partial charge in [0.05, 0.1) is 4.90 Å². The summed E-state index contributed by atoms with van der Waals surface area (Å²) in [6.45, 7) is 0. The molecule has 0 fully saturated rings. The standard InChI is InChI=1S/C6H7NO3S.N2.Na.H/c7-5-1-3-6(4-2-5)11(8,9)10;1-2;;/h1-4H,7H2,(H,8,9,10);;;. The van der Waals surface area contributed by atoms with E-state index in [2.05, 4.69) is 0 Å². The first kappa shape index (κ1) is 15.8. The fourth-order valence-electron chi connectivity index (χ4n) is 0.640. The number of nitrogens with two attached hydrogens (primary N) is 1.